The zero-order valence-electron chi connectivity index (χ0n) is 14.9. The van der Waals surface area contributed by atoms with Crippen LogP contribution in [0.5, 0.6) is 0 Å². The van der Waals surface area contributed by atoms with Gasteiger partial charge < -0.3 is 24.8 Å². The molecule has 0 spiro atoms. The fourth-order valence-electron chi connectivity index (χ4n) is 2.49. The Kier molecular flexibility index (Phi) is 5.89. The van der Waals surface area contributed by atoms with E-state index in [1.54, 1.807) is 20.8 Å². The number of nitrogens with zero attached hydrogens (tertiary/aromatic N) is 1. The van der Waals surface area contributed by atoms with Crippen LogP contribution in [0.15, 0.2) is 30.3 Å². The predicted octanol–water partition coefficient (Wildman–Crippen LogP) is 2.28. The average Bonchev–Trinajstić information content (AvgIpc) is 2.94. The molecule has 0 aromatic heterocycles. The second kappa shape index (κ2) is 7.74. The van der Waals surface area contributed by atoms with Crippen molar-refractivity contribution in [2.75, 3.05) is 19.6 Å². The van der Waals surface area contributed by atoms with E-state index in [0.717, 1.165) is 5.56 Å². The van der Waals surface area contributed by atoms with E-state index in [1.807, 2.05) is 30.3 Å². The molecule has 1 aromatic rings. The van der Waals surface area contributed by atoms with Gasteiger partial charge in [-0.05, 0) is 32.8 Å². The number of likely N-dealkylation sites (tertiary alicyclic amines) is 1. The first-order valence-corrected chi connectivity index (χ1v) is 8.32. The second-order valence-corrected chi connectivity index (χ2v) is 7.29. The number of carbonyl (C=O) groups is 2. The van der Waals surface area contributed by atoms with Gasteiger partial charge in [0, 0.05) is 6.54 Å². The minimum absolute atomic E-state index is 0.0138. The van der Waals surface area contributed by atoms with Gasteiger partial charge in [0.1, 0.15) is 17.8 Å². The Labute approximate surface area is 147 Å². The number of nitrogens with one attached hydrogen (secondary N) is 1. The molecule has 138 valence electrons. The zero-order valence-corrected chi connectivity index (χ0v) is 14.9. The van der Waals surface area contributed by atoms with Crippen molar-refractivity contribution in [3.05, 3.63) is 35.9 Å². The second-order valence-electron chi connectivity index (χ2n) is 7.29. The van der Waals surface area contributed by atoms with E-state index in [0.29, 0.717) is 13.0 Å². The van der Waals surface area contributed by atoms with E-state index in [9.17, 15) is 14.7 Å². The Bertz CT molecular complexity index is 599. The number of hydrogen-bond donors (Lipinski definition) is 2. The van der Waals surface area contributed by atoms with Crippen molar-refractivity contribution in [3.63, 3.8) is 0 Å². The first-order valence-electron chi connectivity index (χ1n) is 8.32. The molecule has 0 saturated carbocycles. The van der Waals surface area contributed by atoms with Crippen molar-refractivity contribution in [2.24, 2.45) is 0 Å². The molecule has 1 saturated heterocycles. The number of hydrogen-bond acceptors (Lipinski definition) is 5. The lowest BCUT2D eigenvalue weighted by Gasteiger charge is -2.26. The first-order chi connectivity index (χ1) is 11.7. The molecule has 1 unspecified atom stereocenters. The van der Waals surface area contributed by atoms with Crippen LogP contribution < -0.4 is 5.32 Å². The lowest BCUT2D eigenvalue weighted by Crippen LogP contribution is -2.46. The Morgan fingerprint density at radius 3 is 2.60 bits per heavy atom. The van der Waals surface area contributed by atoms with Crippen LogP contribution in [-0.2, 0) is 16.1 Å². The third-order valence-corrected chi connectivity index (χ3v) is 3.76. The van der Waals surface area contributed by atoms with Crippen LogP contribution in [0.2, 0.25) is 0 Å². The standard InChI is InChI=1S/C18H26N2O5/c1-17(2,3)25-16(22)20-10-9-18(23,13-20)12-19-15(21)24-11-14-7-5-4-6-8-14/h4-8,23H,9-13H2,1-3H3,(H,19,21). The molecule has 25 heavy (non-hydrogen) atoms. The highest BCUT2D eigenvalue weighted by atomic mass is 16.6. The molecule has 0 bridgehead atoms. The van der Waals surface area contributed by atoms with Gasteiger partial charge in [0.15, 0.2) is 0 Å². The van der Waals surface area contributed by atoms with Crippen molar-refractivity contribution < 1.29 is 24.2 Å². The average molecular weight is 350 g/mol. The number of rotatable bonds is 4. The molecule has 2 N–H and O–H groups in total. The Hall–Kier alpha value is -2.28. The van der Waals surface area contributed by atoms with Crippen LogP contribution in [0.4, 0.5) is 9.59 Å². The summed E-state index contributed by atoms with van der Waals surface area (Å²) in [6.07, 6.45) is -0.700. The van der Waals surface area contributed by atoms with Gasteiger partial charge in [0.25, 0.3) is 0 Å². The molecular weight excluding hydrogens is 324 g/mol. The largest absolute Gasteiger partial charge is 0.445 e. The van der Waals surface area contributed by atoms with E-state index < -0.39 is 23.4 Å². The summed E-state index contributed by atoms with van der Waals surface area (Å²) in [4.78, 5) is 25.2. The summed E-state index contributed by atoms with van der Waals surface area (Å²) in [5.41, 5.74) is -0.881. The van der Waals surface area contributed by atoms with Gasteiger partial charge in [-0.25, -0.2) is 9.59 Å². The number of amides is 2. The molecular formula is C18H26N2O5. The number of ether oxygens (including phenoxy) is 2. The van der Waals surface area contributed by atoms with Crippen molar-refractivity contribution in [1.82, 2.24) is 10.2 Å². The van der Waals surface area contributed by atoms with Gasteiger partial charge in [-0.2, -0.15) is 0 Å². The monoisotopic (exact) mass is 350 g/mol. The van der Waals surface area contributed by atoms with Crippen LogP contribution in [0.25, 0.3) is 0 Å². The van der Waals surface area contributed by atoms with Crippen LogP contribution in [0.1, 0.15) is 32.8 Å². The minimum Gasteiger partial charge on any atom is -0.445 e. The maximum atomic E-state index is 12.0. The Morgan fingerprint density at radius 1 is 1.28 bits per heavy atom. The molecule has 7 nitrogen and oxygen atoms in total. The van der Waals surface area contributed by atoms with E-state index in [-0.39, 0.29) is 19.7 Å². The summed E-state index contributed by atoms with van der Waals surface area (Å²) in [5, 5.41) is 13.1. The van der Waals surface area contributed by atoms with Crippen molar-refractivity contribution in [1.29, 1.82) is 0 Å². The smallest absolute Gasteiger partial charge is 0.410 e. The third kappa shape index (κ3) is 6.26. The van der Waals surface area contributed by atoms with Gasteiger partial charge in [0.05, 0.1) is 13.1 Å². The zero-order chi connectivity index (χ0) is 18.5. The lowest BCUT2D eigenvalue weighted by atomic mass is 10.0. The molecule has 1 atom stereocenters. The minimum atomic E-state index is -1.18. The van der Waals surface area contributed by atoms with Crippen molar-refractivity contribution in [3.8, 4) is 0 Å². The fraction of sp³-hybridized carbons (Fsp3) is 0.556. The SMILES string of the molecule is CC(C)(C)OC(=O)N1CCC(O)(CNC(=O)OCc2ccccc2)C1. The molecule has 1 aliphatic rings. The molecule has 2 amide bonds. The maximum Gasteiger partial charge on any atom is 0.410 e. The Morgan fingerprint density at radius 2 is 1.96 bits per heavy atom. The molecule has 1 aromatic carbocycles. The lowest BCUT2D eigenvalue weighted by molar-refractivity contribution is 0.0152. The summed E-state index contributed by atoms with van der Waals surface area (Å²) >= 11 is 0. The van der Waals surface area contributed by atoms with Gasteiger partial charge >= 0.3 is 12.2 Å². The van der Waals surface area contributed by atoms with E-state index in [1.165, 1.54) is 4.90 Å². The molecule has 1 fully saturated rings. The summed E-state index contributed by atoms with van der Waals surface area (Å²) in [5.74, 6) is 0. The highest BCUT2D eigenvalue weighted by molar-refractivity contribution is 5.69. The summed E-state index contributed by atoms with van der Waals surface area (Å²) in [6.45, 7) is 6.04. The molecule has 0 aliphatic carbocycles. The Balaban J connectivity index is 1.75. The van der Waals surface area contributed by atoms with Crippen LogP contribution in [0, 0.1) is 0 Å². The summed E-state index contributed by atoms with van der Waals surface area (Å²) < 4.78 is 10.4. The quantitative estimate of drug-likeness (QED) is 0.870. The first kappa shape index (κ1) is 19.1. The van der Waals surface area contributed by atoms with Crippen LogP contribution >= 0.6 is 0 Å². The molecule has 1 heterocycles. The molecule has 0 radical (unpaired) electrons. The van der Waals surface area contributed by atoms with Gasteiger partial charge in [-0.15, -0.1) is 0 Å². The highest BCUT2D eigenvalue weighted by Crippen LogP contribution is 2.22. The van der Waals surface area contributed by atoms with Crippen LogP contribution in [0.3, 0.4) is 0 Å². The van der Waals surface area contributed by atoms with Gasteiger partial charge in [-0.1, -0.05) is 30.3 Å². The number of β-amino-alcohol motifs (C(OH)–C–C–N with tert-alkyl or cyclic N) is 1. The number of alkyl carbamates (subject to hydrolysis) is 1. The van der Waals surface area contributed by atoms with Crippen molar-refractivity contribution in [2.45, 2.75) is 45.0 Å². The normalized spacial score (nSPS) is 20.2. The maximum absolute atomic E-state index is 12.0. The number of carbonyl (C=O) groups excluding carboxylic acids is 2. The fourth-order valence-corrected chi connectivity index (χ4v) is 2.49. The third-order valence-electron chi connectivity index (χ3n) is 3.76. The highest BCUT2D eigenvalue weighted by Gasteiger charge is 2.40. The molecule has 2 rings (SSSR count). The van der Waals surface area contributed by atoms with Crippen molar-refractivity contribution >= 4 is 12.2 Å². The van der Waals surface area contributed by atoms with E-state index in [2.05, 4.69) is 5.32 Å². The van der Waals surface area contributed by atoms with Gasteiger partial charge in [-0.3, -0.25) is 0 Å². The number of aliphatic hydroxyl groups is 1. The van der Waals surface area contributed by atoms with E-state index in [4.69, 9.17) is 9.47 Å². The summed E-state index contributed by atoms with van der Waals surface area (Å²) in [6, 6.07) is 9.33. The topological polar surface area (TPSA) is 88.1 Å². The van der Waals surface area contributed by atoms with Crippen LogP contribution in [-0.4, -0.2) is 53.0 Å². The summed E-state index contributed by atoms with van der Waals surface area (Å²) in [7, 11) is 0. The van der Waals surface area contributed by atoms with E-state index >= 15 is 0 Å². The molecule has 7 heteroatoms. The predicted molar refractivity (Wildman–Crippen MR) is 92.0 cm³/mol. The molecule has 1 aliphatic heterocycles. The van der Waals surface area contributed by atoms with Gasteiger partial charge in [0.2, 0.25) is 0 Å². The number of benzene rings is 1.